The van der Waals surface area contributed by atoms with E-state index >= 15 is 0 Å². The van der Waals surface area contributed by atoms with E-state index in [1.807, 2.05) is 27.7 Å². The molecule has 1 N–H and O–H groups in total. The topological polar surface area (TPSA) is 83.6 Å². The molecule has 10 heteroatoms. The number of hydrogen-bond acceptors (Lipinski definition) is 4. The monoisotopic (exact) mass is 448 g/mol. The minimum absolute atomic E-state index is 0.0746. The van der Waals surface area contributed by atoms with Gasteiger partial charge in [0.25, 0.3) is 5.91 Å². The number of nitrogens with one attached hydrogen (secondary N) is 1. The first kappa shape index (κ1) is 24.2. The molecule has 0 saturated carbocycles. The van der Waals surface area contributed by atoms with Gasteiger partial charge in [0.1, 0.15) is 0 Å². The Morgan fingerprint density at radius 2 is 1.77 bits per heavy atom. The number of Topliss-reactive ketones (excluding diaryl/α,β-unsaturated/α-hetero) is 1. The van der Waals surface area contributed by atoms with Crippen molar-refractivity contribution >= 4 is 27.4 Å². The average Bonchev–Trinajstić information content (AvgIpc) is 2.64. The first-order valence-corrected chi connectivity index (χ1v) is 11.2. The molecular weight excluding hydrogens is 421 g/mol. The van der Waals surface area contributed by atoms with Crippen LogP contribution < -0.4 is 4.72 Å². The molecule has 30 heavy (non-hydrogen) atoms. The zero-order valence-corrected chi connectivity index (χ0v) is 18.4. The Hall–Kier alpha value is -2.10. The maximum absolute atomic E-state index is 13.0. The molecule has 0 aromatic heterocycles. The summed E-state index contributed by atoms with van der Waals surface area (Å²) in [6, 6.07) is 5.16. The van der Waals surface area contributed by atoms with E-state index < -0.39 is 32.6 Å². The summed E-state index contributed by atoms with van der Waals surface area (Å²) in [5, 5.41) is 0. The number of amides is 1. The number of benzene rings is 1. The standard InChI is InChI=1S/C20H27F3N2O4S/c1-6-15-13(4)25(18(27)17(26)19(15,5)12(2)3)11-14-9-7-8-10-16(14)24-30(28,29)20(21,22)23/h7-10,12-13,15,24H,6,11H2,1-5H3/t13?,15?,19-/m0/s1. The summed E-state index contributed by atoms with van der Waals surface area (Å²) in [5.41, 5.74) is -6.44. The predicted octanol–water partition coefficient (Wildman–Crippen LogP) is 3.94. The third kappa shape index (κ3) is 4.06. The maximum atomic E-state index is 13.0. The van der Waals surface area contributed by atoms with Gasteiger partial charge in [-0.05, 0) is 30.4 Å². The van der Waals surface area contributed by atoms with Gasteiger partial charge in [-0.25, -0.2) is 0 Å². The highest BCUT2D eigenvalue weighted by Crippen LogP contribution is 2.46. The average molecular weight is 449 g/mol. The van der Waals surface area contributed by atoms with Crippen molar-refractivity contribution in [2.45, 2.75) is 59.1 Å². The predicted molar refractivity (Wildman–Crippen MR) is 107 cm³/mol. The largest absolute Gasteiger partial charge is 0.516 e. The molecule has 1 amide bonds. The molecule has 6 nitrogen and oxygen atoms in total. The van der Waals surface area contributed by atoms with Crippen LogP contribution in [0.2, 0.25) is 0 Å². The minimum Gasteiger partial charge on any atom is -0.329 e. The number of nitrogens with zero attached hydrogens (tertiary/aromatic N) is 1. The fourth-order valence-electron chi connectivity index (χ4n) is 4.25. The Morgan fingerprint density at radius 1 is 1.20 bits per heavy atom. The summed E-state index contributed by atoms with van der Waals surface area (Å²) in [6.07, 6.45) is 0.633. The van der Waals surface area contributed by atoms with Crippen LogP contribution in [0, 0.1) is 17.3 Å². The van der Waals surface area contributed by atoms with Crippen molar-refractivity contribution in [2.24, 2.45) is 17.3 Å². The van der Waals surface area contributed by atoms with E-state index in [0.717, 1.165) is 0 Å². The summed E-state index contributed by atoms with van der Waals surface area (Å²) in [5.74, 6) is -1.47. The van der Waals surface area contributed by atoms with Crippen molar-refractivity contribution in [1.29, 1.82) is 0 Å². The van der Waals surface area contributed by atoms with Gasteiger partial charge in [-0.3, -0.25) is 14.3 Å². The highest BCUT2D eigenvalue weighted by Gasteiger charge is 2.54. The summed E-state index contributed by atoms with van der Waals surface area (Å²) >= 11 is 0. The van der Waals surface area contributed by atoms with Crippen molar-refractivity contribution in [3.05, 3.63) is 29.8 Å². The lowest BCUT2D eigenvalue weighted by Gasteiger charge is -2.50. The van der Waals surface area contributed by atoms with Gasteiger partial charge in [0.2, 0.25) is 5.78 Å². The number of sulfonamides is 1. The number of anilines is 1. The summed E-state index contributed by atoms with van der Waals surface area (Å²) in [6.45, 7) is 9.10. The number of carbonyl (C=O) groups excluding carboxylic acids is 2. The van der Waals surface area contributed by atoms with Crippen molar-refractivity contribution in [3.63, 3.8) is 0 Å². The quantitative estimate of drug-likeness (QED) is 0.669. The highest BCUT2D eigenvalue weighted by atomic mass is 32.2. The van der Waals surface area contributed by atoms with Gasteiger partial charge in [-0.15, -0.1) is 0 Å². The molecule has 168 valence electrons. The van der Waals surface area contributed by atoms with E-state index in [1.54, 1.807) is 11.6 Å². The molecule has 1 fully saturated rings. The summed E-state index contributed by atoms with van der Waals surface area (Å²) in [7, 11) is -5.62. The first-order chi connectivity index (χ1) is 13.7. The number of alkyl halides is 3. The van der Waals surface area contributed by atoms with E-state index in [2.05, 4.69) is 0 Å². The Kier molecular flexibility index (Phi) is 6.61. The van der Waals surface area contributed by atoms with E-state index in [9.17, 15) is 31.2 Å². The lowest BCUT2D eigenvalue weighted by Crippen LogP contribution is -2.61. The third-order valence-electron chi connectivity index (χ3n) is 6.33. The third-order valence-corrected chi connectivity index (χ3v) is 7.43. The van der Waals surface area contributed by atoms with Crippen molar-refractivity contribution in [3.8, 4) is 0 Å². The molecule has 2 rings (SSSR count). The SMILES string of the molecule is CCC1C(C)N(Cc2ccccc2NS(=O)(=O)C(F)(F)F)C(=O)C(=O)[C@@]1(C)C(C)C. The molecule has 0 aliphatic carbocycles. The number of halogens is 3. The van der Waals surface area contributed by atoms with Gasteiger partial charge in [0, 0.05) is 18.0 Å². The number of carbonyl (C=O) groups is 2. The van der Waals surface area contributed by atoms with Gasteiger partial charge < -0.3 is 4.90 Å². The van der Waals surface area contributed by atoms with Crippen LogP contribution in [0.3, 0.4) is 0 Å². The number of rotatable bonds is 6. The molecule has 2 unspecified atom stereocenters. The number of piperidine rings is 1. The Bertz CT molecular complexity index is 930. The minimum atomic E-state index is -5.62. The molecule has 1 aliphatic heterocycles. The van der Waals surface area contributed by atoms with Crippen LogP contribution in [-0.4, -0.2) is 36.6 Å². The van der Waals surface area contributed by atoms with Gasteiger partial charge in [-0.1, -0.05) is 52.3 Å². The lowest BCUT2D eigenvalue weighted by molar-refractivity contribution is -0.165. The molecule has 1 aromatic rings. The van der Waals surface area contributed by atoms with Crippen LogP contribution >= 0.6 is 0 Å². The van der Waals surface area contributed by atoms with Gasteiger partial charge in [0.05, 0.1) is 5.69 Å². The van der Waals surface area contributed by atoms with Gasteiger partial charge >= 0.3 is 15.5 Å². The fourth-order valence-corrected chi connectivity index (χ4v) is 4.85. The van der Waals surface area contributed by atoms with E-state index in [4.69, 9.17) is 0 Å². The van der Waals surface area contributed by atoms with E-state index in [-0.39, 0.29) is 35.7 Å². The highest BCUT2D eigenvalue weighted by molar-refractivity contribution is 7.93. The molecule has 1 saturated heterocycles. The summed E-state index contributed by atoms with van der Waals surface area (Å²) in [4.78, 5) is 27.3. The van der Waals surface area contributed by atoms with Crippen LogP contribution in [0.1, 0.15) is 46.6 Å². The van der Waals surface area contributed by atoms with Crippen molar-refractivity contribution in [2.75, 3.05) is 4.72 Å². The maximum Gasteiger partial charge on any atom is 0.516 e. The first-order valence-electron chi connectivity index (χ1n) is 9.70. The number of hydrogen-bond donors (Lipinski definition) is 1. The fraction of sp³-hybridized carbons (Fsp3) is 0.600. The molecule has 3 atom stereocenters. The second kappa shape index (κ2) is 8.20. The lowest BCUT2D eigenvalue weighted by atomic mass is 9.60. The second-order valence-electron chi connectivity index (χ2n) is 8.16. The molecule has 0 radical (unpaired) electrons. The zero-order valence-electron chi connectivity index (χ0n) is 17.6. The smallest absolute Gasteiger partial charge is 0.329 e. The van der Waals surface area contributed by atoms with Crippen LogP contribution in [-0.2, 0) is 26.2 Å². The molecule has 1 heterocycles. The molecule has 1 aliphatic rings. The molecule has 0 spiro atoms. The number of ketones is 1. The second-order valence-corrected chi connectivity index (χ2v) is 9.84. The Morgan fingerprint density at radius 3 is 2.27 bits per heavy atom. The zero-order chi connectivity index (χ0) is 23.1. The van der Waals surface area contributed by atoms with Crippen LogP contribution in [0.4, 0.5) is 18.9 Å². The Balaban J connectivity index is 2.42. The molecule has 0 bridgehead atoms. The number of para-hydroxylation sites is 1. The van der Waals surface area contributed by atoms with Gasteiger partial charge in [-0.2, -0.15) is 21.6 Å². The number of likely N-dealkylation sites (tertiary alicyclic amines) is 1. The van der Waals surface area contributed by atoms with Crippen molar-refractivity contribution < 1.29 is 31.2 Å². The van der Waals surface area contributed by atoms with E-state index in [0.29, 0.717) is 6.42 Å². The van der Waals surface area contributed by atoms with Crippen LogP contribution in [0.25, 0.3) is 0 Å². The van der Waals surface area contributed by atoms with Crippen molar-refractivity contribution in [1.82, 2.24) is 4.90 Å². The van der Waals surface area contributed by atoms with E-state index in [1.165, 1.54) is 29.2 Å². The normalized spacial score (nSPS) is 25.7. The Labute approximate surface area is 174 Å². The molecule has 1 aromatic carbocycles. The molecular formula is C20H27F3N2O4S. The van der Waals surface area contributed by atoms with Crippen LogP contribution in [0.15, 0.2) is 24.3 Å². The van der Waals surface area contributed by atoms with Crippen LogP contribution in [0.5, 0.6) is 0 Å². The van der Waals surface area contributed by atoms with Gasteiger partial charge in [0.15, 0.2) is 0 Å². The summed E-state index contributed by atoms with van der Waals surface area (Å²) < 4.78 is 63.0.